The van der Waals surface area contributed by atoms with Crippen molar-refractivity contribution in [3.63, 3.8) is 0 Å². The first-order valence-corrected chi connectivity index (χ1v) is 12.7. The molecule has 0 amide bonds. The van der Waals surface area contributed by atoms with E-state index in [2.05, 4.69) is 22.8 Å². The van der Waals surface area contributed by atoms with Gasteiger partial charge in [-0.3, -0.25) is 9.69 Å². The van der Waals surface area contributed by atoms with E-state index in [0.717, 1.165) is 56.0 Å². The number of halogens is 1. The molecule has 0 radical (unpaired) electrons. The summed E-state index contributed by atoms with van der Waals surface area (Å²) in [6.45, 7) is 8.16. The summed E-state index contributed by atoms with van der Waals surface area (Å²) < 4.78 is 5.72. The lowest BCUT2D eigenvalue weighted by molar-refractivity contribution is -0.156. The van der Waals surface area contributed by atoms with Gasteiger partial charge >= 0.3 is 5.97 Å². The highest BCUT2D eigenvalue weighted by Gasteiger charge is 2.56. The maximum Gasteiger partial charge on any atom is 0.306 e. The molecule has 5 heteroatoms. The Hall–Kier alpha value is -1.26. The molecule has 0 N–H and O–H groups in total. The average molecular weight is 445 g/mol. The van der Waals surface area contributed by atoms with E-state index >= 15 is 0 Å². The lowest BCUT2D eigenvalue weighted by Crippen LogP contribution is -2.51. The Kier molecular flexibility index (Phi) is 5.98. The lowest BCUT2D eigenvalue weighted by atomic mass is 9.44. The van der Waals surface area contributed by atoms with E-state index in [1.165, 1.54) is 44.2 Å². The predicted molar refractivity (Wildman–Crippen MR) is 126 cm³/mol. The molecule has 6 rings (SSSR count). The summed E-state index contributed by atoms with van der Waals surface area (Å²) in [5.41, 5.74) is 1.96. The smallest absolute Gasteiger partial charge is 0.306 e. The molecule has 0 spiro atoms. The number of benzene rings is 1. The third kappa shape index (κ3) is 4.90. The summed E-state index contributed by atoms with van der Waals surface area (Å²) in [5.74, 6) is 1.78. The van der Waals surface area contributed by atoms with Crippen molar-refractivity contribution in [2.24, 2.45) is 22.7 Å². The summed E-state index contributed by atoms with van der Waals surface area (Å²) >= 11 is 6.13. The number of anilines is 1. The van der Waals surface area contributed by atoms with Gasteiger partial charge < -0.3 is 9.64 Å². The standard InChI is InChI=1S/C26H37ClN2O2/c1-25-14-20-12-21(15-25)17-26(16-20,19-25)18-24(30)31-11-3-6-28-7-9-29(10-8-28)23-5-2-4-22(27)13-23/h2,4-5,13,20-21H,3,6-12,14-19H2,1H3/t20-,21+,25?,26?. The van der Waals surface area contributed by atoms with Crippen molar-refractivity contribution in [1.82, 2.24) is 4.90 Å². The molecule has 4 nitrogen and oxygen atoms in total. The van der Waals surface area contributed by atoms with Crippen LogP contribution in [0, 0.1) is 22.7 Å². The van der Waals surface area contributed by atoms with Crippen LogP contribution < -0.4 is 4.90 Å². The van der Waals surface area contributed by atoms with Crippen molar-refractivity contribution in [3.8, 4) is 0 Å². The molecule has 1 aromatic carbocycles. The minimum absolute atomic E-state index is 0.0522. The second-order valence-electron chi connectivity index (χ2n) is 11.3. The first-order chi connectivity index (χ1) is 14.9. The van der Waals surface area contributed by atoms with Crippen LogP contribution in [-0.2, 0) is 9.53 Å². The fraction of sp³-hybridized carbons (Fsp3) is 0.731. The second kappa shape index (κ2) is 8.59. The van der Waals surface area contributed by atoms with Gasteiger partial charge in [0.2, 0.25) is 0 Å². The van der Waals surface area contributed by atoms with Crippen LogP contribution in [0.5, 0.6) is 0 Å². The topological polar surface area (TPSA) is 32.8 Å². The number of rotatable bonds is 7. The van der Waals surface area contributed by atoms with Gasteiger partial charge in [-0.2, -0.15) is 0 Å². The van der Waals surface area contributed by atoms with Crippen LogP contribution in [0.3, 0.4) is 0 Å². The molecule has 5 fully saturated rings. The van der Waals surface area contributed by atoms with Crippen molar-refractivity contribution in [2.75, 3.05) is 44.2 Å². The highest BCUT2D eigenvalue weighted by molar-refractivity contribution is 6.30. The highest BCUT2D eigenvalue weighted by Crippen LogP contribution is 2.66. The molecule has 4 saturated carbocycles. The molecule has 4 atom stereocenters. The molecule has 0 aromatic heterocycles. The Morgan fingerprint density at radius 2 is 1.87 bits per heavy atom. The number of ether oxygens (including phenoxy) is 1. The number of carbonyl (C=O) groups is 1. The highest BCUT2D eigenvalue weighted by atomic mass is 35.5. The fourth-order valence-corrected chi connectivity index (χ4v) is 8.05. The SMILES string of the molecule is CC12C[C@H]3C[C@@H](C1)CC(CC(=O)OCCCN1CCN(c4cccc(Cl)c4)CC1)(C3)C2. The molecule has 170 valence electrons. The van der Waals surface area contributed by atoms with Crippen LogP contribution in [0.1, 0.15) is 58.3 Å². The third-order valence-electron chi connectivity index (χ3n) is 8.42. The van der Waals surface area contributed by atoms with E-state index in [4.69, 9.17) is 16.3 Å². The van der Waals surface area contributed by atoms with Crippen molar-refractivity contribution in [1.29, 1.82) is 0 Å². The van der Waals surface area contributed by atoms with Gasteiger partial charge in [0, 0.05) is 43.4 Å². The molecular formula is C26H37ClN2O2. The largest absolute Gasteiger partial charge is 0.466 e. The van der Waals surface area contributed by atoms with E-state index in [1.54, 1.807) is 0 Å². The number of piperazine rings is 1. The second-order valence-corrected chi connectivity index (χ2v) is 11.8. The Morgan fingerprint density at radius 1 is 1.13 bits per heavy atom. The van der Waals surface area contributed by atoms with Crippen molar-refractivity contribution in [3.05, 3.63) is 29.3 Å². The number of esters is 1. The van der Waals surface area contributed by atoms with Gasteiger partial charge in [-0.1, -0.05) is 24.6 Å². The van der Waals surface area contributed by atoms with E-state index < -0.39 is 0 Å². The van der Waals surface area contributed by atoms with Gasteiger partial charge in [-0.25, -0.2) is 0 Å². The van der Waals surface area contributed by atoms with Crippen molar-refractivity contribution < 1.29 is 9.53 Å². The first kappa shape index (κ1) is 21.6. The normalized spacial score (nSPS) is 34.8. The molecule has 4 bridgehead atoms. The van der Waals surface area contributed by atoms with Crippen LogP contribution >= 0.6 is 11.6 Å². The predicted octanol–water partition coefficient (Wildman–Crippen LogP) is 5.39. The lowest BCUT2D eigenvalue weighted by Gasteiger charge is -2.61. The van der Waals surface area contributed by atoms with Gasteiger partial charge in [0.1, 0.15) is 0 Å². The Labute approximate surface area is 192 Å². The summed E-state index contributed by atoms with van der Waals surface area (Å²) in [6.07, 6.45) is 9.58. The monoisotopic (exact) mass is 444 g/mol. The third-order valence-corrected chi connectivity index (χ3v) is 8.66. The van der Waals surface area contributed by atoms with E-state index in [1.807, 2.05) is 18.2 Å². The molecule has 31 heavy (non-hydrogen) atoms. The number of hydrogen-bond donors (Lipinski definition) is 0. The minimum Gasteiger partial charge on any atom is -0.466 e. The molecule has 2 unspecified atom stereocenters. The van der Waals surface area contributed by atoms with Crippen LogP contribution in [-0.4, -0.2) is 50.2 Å². The van der Waals surface area contributed by atoms with E-state index in [0.29, 0.717) is 18.4 Å². The zero-order valence-corrected chi connectivity index (χ0v) is 19.7. The number of carbonyl (C=O) groups excluding carboxylic acids is 1. The zero-order chi connectivity index (χ0) is 21.5. The van der Waals surface area contributed by atoms with Gasteiger partial charge in [-0.15, -0.1) is 0 Å². The van der Waals surface area contributed by atoms with E-state index in [-0.39, 0.29) is 11.4 Å². The van der Waals surface area contributed by atoms with Crippen LogP contribution in [0.25, 0.3) is 0 Å². The van der Waals surface area contributed by atoms with Crippen LogP contribution in [0.4, 0.5) is 5.69 Å². The van der Waals surface area contributed by atoms with Crippen LogP contribution in [0.2, 0.25) is 5.02 Å². The summed E-state index contributed by atoms with van der Waals surface area (Å²) in [4.78, 5) is 17.5. The maximum absolute atomic E-state index is 12.7. The van der Waals surface area contributed by atoms with Gasteiger partial charge in [-0.05, 0) is 85.8 Å². The van der Waals surface area contributed by atoms with Gasteiger partial charge in [0.05, 0.1) is 13.0 Å². The van der Waals surface area contributed by atoms with Crippen molar-refractivity contribution >= 4 is 23.3 Å². The van der Waals surface area contributed by atoms with Crippen molar-refractivity contribution in [2.45, 2.75) is 58.3 Å². The summed E-state index contributed by atoms with van der Waals surface area (Å²) in [6, 6.07) is 8.11. The molecule has 5 aliphatic rings. The minimum atomic E-state index is 0.0522. The molecular weight excluding hydrogens is 408 g/mol. The molecule has 1 aliphatic heterocycles. The zero-order valence-electron chi connectivity index (χ0n) is 19.0. The Morgan fingerprint density at radius 3 is 2.55 bits per heavy atom. The van der Waals surface area contributed by atoms with Gasteiger partial charge in [0.15, 0.2) is 0 Å². The number of hydrogen-bond acceptors (Lipinski definition) is 4. The first-order valence-electron chi connectivity index (χ1n) is 12.3. The van der Waals surface area contributed by atoms with Crippen LogP contribution in [0.15, 0.2) is 24.3 Å². The fourth-order valence-electron chi connectivity index (χ4n) is 7.87. The summed E-state index contributed by atoms with van der Waals surface area (Å²) in [7, 11) is 0. The quantitative estimate of drug-likeness (QED) is 0.417. The Bertz CT molecular complexity index is 790. The van der Waals surface area contributed by atoms with E-state index in [9.17, 15) is 4.79 Å². The summed E-state index contributed by atoms with van der Waals surface area (Å²) in [5, 5.41) is 0.796. The molecule has 4 aliphatic carbocycles. The number of nitrogens with zero attached hydrogens (tertiary/aromatic N) is 2. The molecule has 1 heterocycles. The van der Waals surface area contributed by atoms with Gasteiger partial charge in [0.25, 0.3) is 0 Å². The molecule has 1 saturated heterocycles. The average Bonchev–Trinajstić information content (AvgIpc) is 2.69. The maximum atomic E-state index is 12.7. The molecule has 1 aromatic rings. The Balaban J connectivity index is 1.01.